The molecule has 4 N–H and O–H groups in total. The van der Waals surface area contributed by atoms with E-state index in [4.69, 9.17) is 11.5 Å². The van der Waals surface area contributed by atoms with Crippen LogP contribution in [-0.2, 0) is 0 Å². The average molecular weight is 403 g/mol. The largest absolute Gasteiger partial charge is 0.378 e. The van der Waals surface area contributed by atoms with Crippen LogP contribution in [0.3, 0.4) is 0 Å². The van der Waals surface area contributed by atoms with Crippen LogP contribution in [0.4, 0.5) is 11.4 Å². The molecule has 0 unspecified atom stereocenters. The van der Waals surface area contributed by atoms with Crippen LogP contribution < -0.4 is 21.3 Å². The number of nitrogens with two attached hydrogens (primary N) is 2. The third kappa shape index (κ3) is 4.35. The van der Waals surface area contributed by atoms with Gasteiger partial charge >= 0.3 is 0 Å². The Balaban J connectivity index is 2.17. The molecule has 0 fully saturated rings. The highest BCUT2D eigenvalue weighted by Crippen LogP contribution is 2.36. The molecule has 0 amide bonds. The molecule has 0 bridgehead atoms. The maximum atomic E-state index is 6.00. The monoisotopic (exact) mass is 402 g/mol. The molecule has 1 aliphatic rings. The zero-order chi connectivity index (χ0) is 21.9. The molecule has 0 spiro atoms. The molecule has 0 aliphatic heterocycles. The number of aryl methyl sites for hydroxylation is 1. The van der Waals surface area contributed by atoms with Crippen molar-refractivity contribution >= 4 is 16.9 Å². The maximum absolute atomic E-state index is 6.00. The molecule has 0 saturated heterocycles. The predicted molar refractivity (Wildman–Crippen MR) is 131 cm³/mol. The molecule has 0 atom stereocenters. The Labute approximate surface area is 181 Å². The van der Waals surface area contributed by atoms with E-state index in [0.29, 0.717) is 13.1 Å². The summed E-state index contributed by atoms with van der Waals surface area (Å²) in [7, 11) is 8.26. The van der Waals surface area contributed by atoms with Gasteiger partial charge in [-0.2, -0.15) is 0 Å². The van der Waals surface area contributed by atoms with E-state index in [-0.39, 0.29) is 5.41 Å². The fourth-order valence-electron chi connectivity index (χ4n) is 3.76. The number of hydrogen-bond acceptors (Lipinski definition) is 4. The third-order valence-corrected chi connectivity index (χ3v) is 5.91. The van der Waals surface area contributed by atoms with Crippen molar-refractivity contribution in [2.75, 3.05) is 51.1 Å². The van der Waals surface area contributed by atoms with Gasteiger partial charge in [-0.25, -0.2) is 0 Å². The van der Waals surface area contributed by atoms with Gasteiger partial charge < -0.3 is 21.3 Å². The van der Waals surface area contributed by atoms with Gasteiger partial charge in [0.1, 0.15) is 0 Å². The number of anilines is 2. The second-order valence-electron chi connectivity index (χ2n) is 8.47. The summed E-state index contributed by atoms with van der Waals surface area (Å²) in [5.41, 5.74) is 20.2. The summed E-state index contributed by atoms with van der Waals surface area (Å²) in [6.07, 6.45) is 8.66. The smallest absolute Gasteiger partial charge is 0.0364 e. The summed E-state index contributed by atoms with van der Waals surface area (Å²) in [6, 6.07) is 15.4. The number of hydrogen-bond donors (Lipinski definition) is 2. The number of benzene rings is 2. The van der Waals surface area contributed by atoms with Crippen LogP contribution >= 0.6 is 0 Å². The van der Waals surface area contributed by atoms with Gasteiger partial charge in [0.05, 0.1) is 0 Å². The minimum absolute atomic E-state index is 0.257. The van der Waals surface area contributed by atoms with Crippen molar-refractivity contribution in [2.24, 2.45) is 16.9 Å². The van der Waals surface area contributed by atoms with Gasteiger partial charge in [0, 0.05) is 58.1 Å². The zero-order valence-corrected chi connectivity index (χ0v) is 18.8. The van der Waals surface area contributed by atoms with Gasteiger partial charge in [0.15, 0.2) is 0 Å². The van der Waals surface area contributed by atoms with Crippen molar-refractivity contribution in [3.63, 3.8) is 0 Å². The first-order valence-corrected chi connectivity index (χ1v) is 10.4. The Kier molecular flexibility index (Phi) is 6.49. The van der Waals surface area contributed by atoms with Gasteiger partial charge in [-0.1, -0.05) is 42.5 Å². The summed E-state index contributed by atoms with van der Waals surface area (Å²) < 4.78 is 0. The molecular weight excluding hydrogens is 368 g/mol. The standard InChI is InChI=1S/C26H34N4/c1-19-16-23(30(4)5)10-11-24(19)25(20-6-8-22(9-7-20)29(2)3)21-12-14-26(17-27,18-28)15-13-21/h6-16H,17-18,27-28H2,1-5H3. The minimum Gasteiger partial charge on any atom is -0.378 e. The molecule has 30 heavy (non-hydrogen) atoms. The van der Waals surface area contributed by atoms with Crippen LogP contribution in [0.15, 0.2) is 72.3 Å². The van der Waals surface area contributed by atoms with E-state index in [2.05, 4.69) is 112 Å². The molecule has 0 heterocycles. The van der Waals surface area contributed by atoms with E-state index >= 15 is 0 Å². The van der Waals surface area contributed by atoms with Gasteiger partial charge in [0.2, 0.25) is 0 Å². The van der Waals surface area contributed by atoms with Crippen molar-refractivity contribution in [3.05, 3.63) is 89.0 Å². The molecule has 4 nitrogen and oxygen atoms in total. The SMILES string of the molecule is Cc1cc(N(C)C)ccc1C(=C1C=CC(CN)(CN)C=C1)c1ccc(N(C)C)cc1. The van der Waals surface area contributed by atoms with Crippen LogP contribution in [0.1, 0.15) is 16.7 Å². The topological polar surface area (TPSA) is 58.5 Å². The Morgan fingerprint density at radius 2 is 1.33 bits per heavy atom. The lowest BCUT2D eigenvalue weighted by atomic mass is 9.80. The number of allylic oxidation sites excluding steroid dienone is 3. The molecule has 3 rings (SSSR count). The van der Waals surface area contributed by atoms with Crippen LogP contribution in [0.2, 0.25) is 0 Å². The fourth-order valence-corrected chi connectivity index (χ4v) is 3.76. The molecule has 1 aliphatic carbocycles. The summed E-state index contributed by atoms with van der Waals surface area (Å²) in [5.74, 6) is 0. The Hall–Kier alpha value is -2.82. The van der Waals surface area contributed by atoms with E-state index in [1.54, 1.807) is 0 Å². The van der Waals surface area contributed by atoms with Crippen molar-refractivity contribution in [2.45, 2.75) is 6.92 Å². The van der Waals surface area contributed by atoms with E-state index in [9.17, 15) is 0 Å². The molecule has 2 aromatic rings. The van der Waals surface area contributed by atoms with Crippen molar-refractivity contribution in [3.8, 4) is 0 Å². The second-order valence-corrected chi connectivity index (χ2v) is 8.47. The van der Waals surface area contributed by atoms with Crippen molar-refractivity contribution < 1.29 is 0 Å². The maximum Gasteiger partial charge on any atom is 0.0364 e. The van der Waals surface area contributed by atoms with E-state index in [1.807, 2.05) is 0 Å². The van der Waals surface area contributed by atoms with Crippen LogP contribution in [0, 0.1) is 12.3 Å². The Morgan fingerprint density at radius 1 is 0.800 bits per heavy atom. The average Bonchev–Trinajstić information content (AvgIpc) is 2.76. The van der Waals surface area contributed by atoms with Gasteiger partial charge in [0.25, 0.3) is 0 Å². The molecule has 2 aromatic carbocycles. The van der Waals surface area contributed by atoms with Crippen LogP contribution in [-0.4, -0.2) is 41.3 Å². The van der Waals surface area contributed by atoms with Gasteiger partial charge in [-0.15, -0.1) is 0 Å². The molecule has 0 aromatic heterocycles. The highest BCUT2D eigenvalue weighted by Gasteiger charge is 2.24. The predicted octanol–water partition coefficient (Wildman–Crippen LogP) is 3.96. The van der Waals surface area contributed by atoms with E-state index < -0.39 is 0 Å². The van der Waals surface area contributed by atoms with E-state index in [0.717, 1.165) is 0 Å². The lowest BCUT2D eigenvalue weighted by molar-refractivity contribution is 0.515. The summed E-state index contributed by atoms with van der Waals surface area (Å²) in [4.78, 5) is 4.25. The summed E-state index contributed by atoms with van der Waals surface area (Å²) in [5, 5.41) is 0. The molecule has 0 saturated carbocycles. The first-order valence-electron chi connectivity index (χ1n) is 10.4. The first kappa shape index (κ1) is 21.9. The number of rotatable bonds is 6. The molecule has 158 valence electrons. The Bertz CT molecular complexity index is 957. The lowest BCUT2D eigenvalue weighted by Crippen LogP contribution is -2.35. The van der Waals surface area contributed by atoms with Crippen LogP contribution in [0.5, 0.6) is 0 Å². The summed E-state index contributed by atoms with van der Waals surface area (Å²) in [6.45, 7) is 3.19. The normalized spacial score (nSPS) is 14.7. The molecule has 0 radical (unpaired) electrons. The summed E-state index contributed by atoms with van der Waals surface area (Å²) >= 11 is 0. The first-order chi connectivity index (χ1) is 14.3. The van der Waals surface area contributed by atoms with Crippen molar-refractivity contribution in [1.82, 2.24) is 0 Å². The second kappa shape index (κ2) is 8.90. The third-order valence-electron chi connectivity index (χ3n) is 5.91. The van der Waals surface area contributed by atoms with E-state index in [1.165, 1.54) is 39.2 Å². The van der Waals surface area contributed by atoms with Gasteiger partial charge in [-0.05, 0) is 59.0 Å². The highest BCUT2D eigenvalue weighted by molar-refractivity contribution is 5.88. The number of nitrogens with zero attached hydrogens (tertiary/aromatic N) is 2. The van der Waals surface area contributed by atoms with Crippen molar-refractivity contribution in [1.29, 1.82) is 0 Å². The minimum atomic E-state index is -0.257. The molecule has 4 heteroatoms. The lowest BCUT2D eigenvalue weighted by Gasteiger charge is -2.27. The molecular formula is C26H34N4. The van der Waals surface area contributed by atoms with Crippen LogP contribution in [0.25, 0.3) is 5.57 Å². The fraction of sp³-hybridized carbons (Fsp3) is 0.308. The quantitative estimate of drug-likeness (QED) is 0.768. The Morgan fingerprint density at radius 3 is 1.80 bits per heavy atom. The highest BCUT2D eigenvalue weighted by atomic mass is 15.1. The van der Waals surface area contributed by atoms with Gasteiger partial charge in [-0.3, -0.25) is 0 Å². The zero-order valence-electron chi connectivity index (χ0n) is 18.8.